The Morgan fingerprint density at radius 2 is 1.70 bits per heavy atom. The summed E-state index contributed by atoms with van der Waals surface area (Å²) in [5, 5.41) is 14.1. The van der Waals surface area contributed by atoms with Crippen LogP contribution in [0.2, 0.25) is 0 Å². The molecule has 0 unspecified atom stereocenters. The van der Waals surface area contributed by atoms with Gasteiger partial charge in [0.15, 0.2) is 0 Å². The number of urea groups is 1. The number of nitrogens with zero attached hydrogens (tertiary/aromatic N) is 1. The maximum absolute atomic E-state index is 11.5. The van der Waals surface area contributed by atoms with Crippen molar-refractivity contribution < 1.29 is 19.5 Å². The van der Waals surface area contributed by atoms with E-state index in [1.807, 2.05) is 0 Å². The second-order valence-electron chi connectivity index (χ2n) is 5.41. The summed E-state index contributed by atoms with van der Waals surface area (Å²) in [6.45, 7) is 0.499. The van der Waals surface area contributed by atoms with Crippen LogP contribution in [0, 0.1) is 11.8 Å². The Hall–Kier alpha value is -1.79. The molecule has 0 aromatic rings. The third kappa shape index (κ3) is 5.46. The zero-order valence-corrected chi connectivity index (χ0v) is 12.0. The van der Waals surface area contributed by atoms with Crippen LogP contribution in [0.3, 0.4) is 0 Å². The Morgan fingerprint density at radius 3 is 2.20 bits per heavy atom. The first-order valence-electron chi connectivity index (χ1n) is 6.84. The van der Waals surface area contributed by atoms with Crippen LogP contribution < -0.4 is 10.6 Å². The second kappa shape index (κ2) is 7.72. The number of amides is 3. The fourth-order valence-corrected chi connectivity index (χ4v) is 2.23. The second-order valence-corrected chi connectivity index (χ2v) is 5.41. The monoisotopic (exact) mass is 285 g/mol. The molecule has 1 rings (SSSR count). The highest BCUT2D eigenvalue weighted by Gasteiger charge is 2.25. The Labute approximate surface area is 118 Å². The Balaban J connectivity index is 2.16. The molecule has 0 aromatic heterocycles. The van der Waals surface area contributed by atoms with Gasteiger partial charge in [-0.1, -0.05) is 0 Å². The number of hydrogen-bond donors (Lipinski definition) is 3. The highest BCUT2D eigenvalue weighted by Crippen LogP contribution is 2.28. The van der Waals surface area contributed by atoms with Gasteiger partial charge in [0.05, 0.1) is 12.5 Å². The molecule has 0 spiro atoms. The van der Waals surface area contributed by atoms with Crippen LogP contribution in [-0.4, -0.2) is 55.1 Å². The molecule has 0 heterocycles. The first kappa shape index (κ1) is 16.3. The smallest absolute Gasteiger partial charge is 0.315 e. The van der Waals surface area contributed by atoms with Gasteiger partial charge in [-0.15, -0.1) is 0 Å². The first-order valence-corrected chi connectivity index (χ1v) is 6.84. The number of aliphatic carboxylic acids is 1. The topological polar surface area (TPSA) is 98.7 Å². The quantitative estimate of drug-likeness (QED) is 0.675. The molecule has 1 saturated carbocycles. The summed E-state index contributed by atoms with van der Waals surface area (Å²) in [4.78, 5) is 35.0. The minimum atomic E-state index is -0.726. The van der Waals surface area contributed by atoms with E-state index in [2.05, 4.69) is 10.6 Å². The first-order chi connectivity index (χ1) is 9.40. The third-order valence-corrected chi connectivity index (χ3v) is 3.65. The Morgan fingerprint density at radius 1 is 1.10 bits per heavy atom. The van der Waals surface area contributed by atoms with E-state index >= 15 is 0 Å². The van der Waals surface area contributed by atoms with Crippen LogP contribution >= 0.6 is 0 Å². The van der Waals surface area contributed by atoms with Gasteiger partial charge in [0.25, 0.3) is 0 Å². The molecule has 7 nitrogen and oxygen atoms in total. The van der Waals surface area contributed by atoms with E-state index in [1.165, 1.54) is 4.90 Å². The van der Waals surface area contributed by atoms with E-state index in [4.69, 9.17) is 5.11 Å². The van der Waals surface area contributed by atoms with Crippen molar-refractivity contribution in [1.29, 1.82) is 0 Å². The van der Waals surface area contributed by atoms with Gasteiger partial charge in [-0.2, -0.15) is 0 Å². The van der Waals surface area contributed by atoms with Crippen LogP contribution in [0.15, 0.2) is 0 Å². The van der Waals surface area contributed by atoms with Crippen LogP contribution in [0.5, 0.6) is 0 Å². The molecule has 1 aliphatic carbocycles. The molecule has 1 fully saturated rings. The highest BCUT2D eigenvalue weighted by atomic mass is 16.4. The molecule has 1 aliphatic rings. The van der Waals surface area contributed by atoms with Crippen molar-refractivity contribution in [3.05, 3.63) is 0 Å². The van der Waals surface area contributed by atoms with Crippen molar-refractivity contribution in [1.82, 2.24) is 15.5 Å². The Bertz CT molecular complexity index is 363. The van der Waals surface area contributed by atoms with Crippen LogP contribution in [-0.2, 0) is 9.59 Å². The van der Waals surface area contributed by atoms with Crippen molar-refractivity contribution in [2.45, 2.75) is 25.7 Å². The minimum Gasteiger partial charge on any atom is -0.481 e. The summed E-state index contributed by atoms with van der Waals surface area (Å²) in [6.07, 6.45) is 2.96. The van der Waals surface area contributed by atoms with Crippen molar-refractivity contribution in [3.8, 4) is 0 Å². The predicted octanol–water partition coefficient (Wildman–Crippen LogP) is 0.265. The van der Waals surface area contributed by atoms with Crippen molar-refractivity contribution in [3.63, 3.8) is 0 Å². The molecular formula is C13H23N3O4. The number of rotatable bonds is 5. The predicted molar refractivity (Wildman–Crippen MR) is 73.2 cm³/mol. The zero-order valence-electron chi connectivity index (χ0n) is 12.0. The summed E-state index contributed by atoms with van der Waals surface area (Å²) in [5.41, 5.74) is 0. The van der Waals surface area contributed by atoms with E-state index in [-0.39, 0.29) is 24.4 Å². The van der Waals surface area contributed by atoms with Gasteiger partial charge in [0.2, 0.25) is 5.91 Å². The standard InChI is InChI=1S/C13H23N3O4/c1-16(2)11(17)8-15-13(20)14-7-9-3-5-10(6-4-9)12(18)19/h9-10H,3-8H2,1-2H3,(H,18,19)(H2,14,15,20). The zero-order chi connectivity index (χ0) is 15.1. The summed E-state index contributed by atoms with van der Waals surface area (Å²) in [6, 6.07) is -0.361. The fraction of sp³-hybridized carbons (Fsp3) is 0.769. The summed E-state index contributed by atoms with van der Waals surface area (Å²) >= 11 is 0. The molecule has 3 N–H and O–H groups in total. The molecule has 114 valence electrons. The largest absolute Gasteiger partial charge is 0.481 e. The van der Waals surface area contributed by atoms with Gasteiger partial charge in [0, 0.05) is 20.6 Å². The lowest BCUT2D eigenvalue weighted by molar-refractivity contribution is -0.143. The highest BCUT2D eigenvalue weighted by molar-refractivity contribution is 5.83. The van der Waals surface area contributed by atoms with Gasteiger partial charge in [-0.3, -0.25) is 9.59 Å². The SMILES string of the molecule is CN(C)C(=O)CNC(=O)NCC1CCC(C(=O)O)CC1. The normalized spacial score (nSPS) is 21.9. The molecule has 0 atom stereocenters. The van der Waals surface area contributed by atoms with Crippen LogP contribution in [0.1, 0.15) is 25.7 Å². The van der Waals surface area contributed by atoms with Crippen molar-refractivity contribution in [2.75, 3.05) is 27.2 Å². The van der Waals surface area contributed by atoms with E-state index in [1.54, 1.807) is 14.1 Å². The molecule has 3 amide bonds. The van der Waals surface area contributed by atoms with Gasteiger partial charge in [-0.25, -0.2) is 4.79 Å². The number of carboxylic acid groups (broad SMARTS) is 1. The van der Waals surface area contributed by atoms with E-state index in [0.29, 0.717) is 25.3 Å². The molecule has 0 bridgehead atoms. The maximum Gasteiger partial charge on any atom is 0.315 e. The number of carbonyl (C=O) groups excluding carboxylic acids is 2. The van der Waals surface area contributed by atoms with Gasteiger partial charge in [-0.05, 0) is 31.6 Å². The van der Waals surface area contributed by atoms with Gasteiger partial charge in [0.1, 0.15) is 0 Å². The number of likely N-dealkylation sites (N-methyl/N-ethyl adjacent to an activating group) is 1. The maximum atomic E-state index is 11.5. The summed E-state index contributed by atoms with van der Waals surface area (Å²) in [5.74, 6) is -0.808. The van der Waals surface area contributed by atoms with Crippen LogP contribution in [0.25, 0.3) is 0 Å². The number of carbonyl (C=O) groups is 3. The molecule has 0 saturated heterocycles. The van der Waals surface area contributed by atoms with Crippen molar-refractivity contribution in [2.24, 2.45) is 11.8 Å². The summed E-state index contributed by atoms with van der Waals surface area (Å²) < 4.78 is 0. The molecule has 20 heavy (non-hydrogen) atoms. The lowest BCUT2D eigenvalue weighted by atomic mass is 9.82. The molecule has 0 radical (unpaired) electrons. The molecule has 0 aliphatic heterocycles. The number of hydrogen-bond acceptors (Lipinski definition) is 3. The number of nitrogens with one attached hydrogen (secondary N) is 2. The van der Waals surface area contributed by atoms with Gasteiger partial charge >= 0.3 is 12.0 Å². The third-order valence-electron chi connectivity index (χ3n) is 3.65. The molecular weight excluding hydrogens is 262 g/mol. The average molecular weight is 285 g/mol. The number of carboxylic acids is 1. The molecule has 7 heteroatoms. The van der Waals surface area contributed by atoms with Crippen molar-refractivity contribution >= 4 is 17.9 Å². The molecule has 0 aromatic carbocycles. The average Bonchev–Trinajstić information content (AvgIpc) is 2.42. The van der Waals surface area contributed by atoms with Gasteiger partial charge < -0.3 is 20.6 Å². The minimum absolute atomic E-state index is 0.0232. The van der Waals surface area contributed by atoms with E-state index in [9.17, 15) is 14.4 Å². The van der Waals surface area contributed by atoms with E-state index in [0.717, 1.165) is 12.8 Å². The summed E-state index contributed by atoms with van der Waals surface area (Å²) in [7, 11) is 3.26. The lowest BCUT2D eigenvalue weighted by Gasteiger charge is -2.26. The van der Waals surface area contributed by atoms with Crippen LogP contribution in [0.4, 0.5) is 4.79 Å². The lowest BCUT2D eigenvalue weighted by Crippen LogP contribution is -2.43. The van der Waals surface area contributed by atoms with E-state index < -0.39 is 5.97 Å². The fourth-order valence-electron chi connectivity index (χ4n) is 2.23. The Kier molecular flexibility index (Phi) is 6.27.